The maximum Gasteiger partial charge on any atom is 0.330 e. The molecule has 1 amide bonds. The molecule has 0 fully saturated rings. The SMILES string of the molecule is COC(=O)Cn1c(=O)n(Cc2ccc3cc4c(cc3n2)C[C@]2(C4)C(=O)Nc3ncccc32)c2cccc([N+](=O)[O-])c21. The summed E-state index contributed by atoms with van der Waals surface area (Å²) < 4.78 is 7.14. The highest BCUT2D eigenvalue weighted by Gasteiger charge is 2.51. The first-order valence-corrected chi connectivity index (χ1v) is 12.9. The minimum atomic E-state index is -0.700. The molecule has 0 saturated carbocycles. The fraction of sp³-hybridized carbons (Fsp3) is 0.207. The average molecular weight is 551 g/mol. The van der Waals surface area contributed by atoms with E-state index in [9.17, 15) is 24.5 Å². The molecular formula is C29H22N6O6. The summed E-state index contributed by atoms with van der Waals surface area (Å²) in [6, 6.07) is 15.9. The number of ether oxygens (including phenoxy) is 1. The number of fused-ring (bicyclic) bond motifs is 5. The fourth-order valence-corrected chi connectivity index (χ4v) is 6.19. The van der Waals surface area contributed by atoms with Crippen LogP contribution in [0.4, 0.5) is 11.5 Å². The van der Waals surface area contributed by atoms with Crippen LogP contribution in [0.3, 0.4) is 0 Å². The largest absolute Gasteiger partial charge is 0.468 e. The number of pyridine rings is 2. The Morgan fingerprint density at radius 2 is 1.90 bits per heavy atom. The summed E-state index contributed by atoms with van der Waals surface area (Å²) >= 11 is 0. The fourth-order valence-electron chi connectivity index (χ4n) is 6.19. The highest BCUT2D eigenvalue weighted by atomic mass is 16.6. The van der Waals surface area contributed by atoms with Gasteiger partial charge in [0.25, 0.3) is 5.69 Å². The Balaban J connectivity index is 1.28. The van der Waals surface area contributed by atoms with E-state index in [0.29, 0.717) is 35.4 Å². The molecule has 41 heavy (non-hydrogen) atoms. The number of non-ortho nitro benzene ring substituents is 1. The summed E-state index contributed by atoms with van der Waals surface area (Å²) in [5.41, 5.74) is 3.05. The summed E-state index contributed by atoms with van der Waals surface area (Å²) in [5.74, 6) is -0.154. The van der Waals surface area contributed by atoms with Crippen LogP contribution in [0, 0.1) is 10.1 Å². The number of anilines is 1. The summed E-state index contributed by atoms with van der Waals surface area (Å²) in [7, 11) is 1.19. The van der Waals surface area contributed by atoms with Crippen LogP contribution in [0.2, 0.25) is 0 Å². The van der Waals surface area contributed by atoms with Gasteiger partial charge in [0.15, 0.2) is 0 Å². The number of carbonyl (C=O) groups excluding carboxylic acids is 2. The highest BCUT2D eigenvalue weighted by Crippen LogP contribution is 2.47. The van der Waals surface area contributed by atoms with Crippen molar-refractivity contribution in [2.45, 2.75) is 31.3 Å². The van der Waals surface area contributed by atoms with Crippen molar-refractivity contribution in [2.24, 2.45) is 0 Å². The summed E-state index contributed by atoms with van der Waals surface area (Å²) in [6.07, 6.45) is 2.76. The van der Waals surface area contributed by atoms with Crippen LogP contribution < -0.4 is 11.0 Å². The van der Waals surface area contributed by atoms with E-state index >= 15 is 0 Å². The van der Waals surface area contributed by atoms with Gasteiger partial charge in [-0.15, -0.1) is 0 Å². The predicted octanol–water partition coefficient (Wildman–Crippen LogP) is 2.86. The maximum absolute atomic E-state index is 13.4. The number of methoxy groups -OCH3 is 1. The molecule has 2 aromatic carbocycles. The molecule has 1 spiro atoms. The monoisotopic (exact) mass is 550 g/mol. The topological polar surface area (TPSA) is 151 Å². The molecule has 204 valence electrons. The number of rotatable bonds is 5. The maximum atomic E-state index is 13.4. The number of esters is 1. The van der Waals surface area contributed by atoms with E-state index in [1.54, 1.807) is 18.3 Å². The first-order chi connectivity index (χ1) is 19.8. The number of hydrogen-bond acceptors (Lipinski definition) is 8. The van der Waals surface area contributed by atoms with Gasteiger partial charge in [-0.2, -0.15) is 0 Å². The van der Waals surface area contributed by atoms with Gasteiger partial charge in [0.05, 0.1) is 40.7 Å². The zero-order valence-corrected chi connectivity index (χ0v) is 21.8. The van der Waals surface area contributed by atoms with Gasteiger partial charge in [-0.05, 0) is 54.3 Å². The van der Waals surface area contributed by atoms with Gasteiger partial charge in [0.2, 0.25) is 5.91 Å². The number of nitro benzene ring substituents is 1. The van der Waals surface area contributed by atoms with Crippen LogP contribution in [0.5, 0.6) is 0 Å². The summed E-state index contributed by atoms with van der Waals surface area (Å²) in [6.45, 7) is -0.433. The molecule has 1 aliphatic heterocycles. The molecule has 2 aliphatic rings. The molecule has 7 rings (SSSR count). The van der Waals surface area contributed by atoms with Gasteiger partial charge in [0.1, 0.15) is 17.9 Å². The van der Waals surface area contributed by atoms with Crippen molar-refractivity contribution < 1.29 is 19.2 Å². The Labute approximate surface area is 231 Å². The number of benzene rings is 2. The van der Waals surface area contributed by atoms with E-state index in [2.05, 4.69) is 16.4 Å². The number of imidazole rings is 1. The second-order valence-corrected chi connectivity index (χ2v) is 10.3. The molecule has 12 heteroatoms. The number of nitrogens with zero attached hydrogens (tertiary/aromatic N) is 5. The van der Waals surface area contributed by atoms with Gasteiger partial charge in [-0.25, -0.2) is 9.78 Å². The van der Waals surface area contributed by atoms with Gasteiger partial charge >= 0.3 is 11.7 Å². The smallest absolute Gasteiger partial charge is 0.330 e. The van der Waals surface area contributed by atoms with Crippen LogP contribution >= 0.6 is 0 Å². The third kappa shape index (κ3) is 3.64. The lowest BCUT2D eigenvalue weighted by Crippen LogP contribution is -2.35. The quantitative estimate of drug-likeness (QED) is 0.199. The van der Waals surface area contributed by atoms with Gasteiger partial charge < -0.3 is 10.1 Å². The normalized spacial score (nSPS) is 17.1. The number of hydrogen-bond donors (Lipinski definition) is 1. The van der Waals surface area contributed by atoms with Crippen molar-refractivity contribution in [3.8, 4) is 0 Å². The molecule has 0 radical (unpaired) electrons. The minimum absolute atomic E-state index is 0.0308. The van der Waals surface area contributed by atoms with Crippen molar-refractivity contribution in [2.75, 3.05) is 12.4 Å². The van der Waals surface area contributed by atoms with E-state index in [1.807, 2.05) is 24.3 Å². The van der Waals surface area contributed by atoms with E-state index < -0.39 is 28.5 Å². The third-order valence-corrected chi connectivity index (χ3v) is 8.09. The van der Waals surface area contributed by atoms with Crippen LogP contribution in [-0.2, 0) is 45.7 Å². The Bertz CT molecular complexity index is 2030. The van der Waals surface area contributed by atoms with E-state index in [1.165, 1.54) is 23.8 Å². The Kier molecular flexibility index (Phi) is 5.29. The van der Waals surface area contributed by atoms with E-state index in [0.717, 1.165) is 26.6 Å². The lowest BCUT2D eigenvalue weighted by Gasteiger charge is -2.20. The Morgan fingerprint density at radius 1 is 1.10 bits per heavy atom. The van der Waals surface area contributed by atoms with Crippen LogP contribution in [0.1, 0.15) is 22.4 Å². The molecule has 0 unspecified atom stereocenters. The average Bonchev–Trinajstić information content (AvgIpc) is 3.57. The highest BCUT2D eigenvalue weighted by molar-refractivity contribution is 6.06. The summed E-state index contributed by atoms with van der Waals surface area (Å²) in [4.78, 5) is 58.9. The zero-order valence-electron chi connectivity index (χ0n) is 21.8. The predicted molar refractivity (Wildman–Crippen MR) is 148 cm³/mol. The molecule has 4 heterocycles. The molecule has 5 aromatic rings. The lowest BCUT2D eigenvalue weighted by molar-refractivity contribution is -0.383. The second-order valence-electron chi connectivity index (χ2n) is 10.3. The van der Waals surface area contributed by atoms with Crippen molar-refractivity contribution in [1.29, 1.82) is 0 Å². The standard InChI is InChI=1S/C29H22N6O6/c1-41-24(36)15-34-25-22(5-2-6-23(25)35(39)40)33(28(34)38)14-19-8-7-16-10-17-12-29(13-18(17)11-21(16)31-19)20-4-3-9-30-26(20)32-27(29)37/h2-11H,12-15H2,1H3,(H,30,32,37)/t29-/m0/s1. The van der Waals surface area contributed by atoms with Gasteiger partial charge in [-0.3, -0.25) is 33.8 Å². The number of nitrogens with one attached hydrogen (secondary N) is 1. The molecule has 1 atom stereocenters. The third-order valence-electron chi connectivity index (χ3n) is 8.09. The zero-order chi connectivity index (χ0) is 28.5. The van der Waals surface area contributed by atoms with Crippen molar-refractivity contribution in [3.63, 3.8) is 0 Å². The number of amides is 1. The molecule has 1 N–H and O–H groups in total. The van der Waals surface area contributed by atoms with Crippen LogP contribution in [0.15, 0.2) is 65.6 Å². The number of nitro groups is 1. The Morgan fingerprint density at radius 3 is 2.68 bits per heavy atom. The van der Waals surface area contributed by atoms with Crippen LogP contribution in [0.25, 0.3) is 21.9 Å². The number of aromatic nitrogens is 4. The molecule has 0 bridgehead atoms. The van der Waals surface area contributed by atoms with Crippen molar-refractivity contribution in [1.82, 2.24) is 19.1 Å². The number of carbonyl (C=O) groups is 2. The molecule has 3 aromatic heterocycles. The minimum Gasteiger partial charge on any atom is -0.468 e. The van der Waals surface area contributed by atoms with Crippen molar-refractivity contribution in [3.05, 3.63) is 104 Å². The molecular weight excluding hydrogens is 528 g/mol. The first kappa shape index (κ1) is 24.6. The second kappa shape index (κ2) is 8.81. The van der Waals surface area contributed by atoms with E-state index in [4.69, 9.17) is 9.72 Å². The molecule has 1 aliphatic carbocycles. The van der Waals surface area contributed by atoms with Gasteiger partial charge in [0, 0.05) is 23.2 Å². The number of para-hydroxylation sites is 1. The molecule has 0 saturated heterocycles. The summed E-state index contributed by atoms with van der Waals surface area (Å²) in [5, 5.41) is 15.6. The lowest BCUT2D eigenvalue weighted by atomic mass is 9.79. The van der Waals surface area contributed by atoms with E-state index in [-0.39, 0.29) is 23.7 Å². The Hall–Kier alpha value is -5.39. The molecule has 12 nitrogen and oxygen atoms in total. The van der Waals surface area contributed by atoms with Crippen molar-refractivity contribution >= 4 is 45.3 Å². The first-order valence-electron chi connectivity index (χ1n) is 12.9. The van der Waals surface area contributed by atoms with Crippen LogP contribution in [-0.4, -0.2) is 43.0 Å². The van der Waals surface area contributed by atoms with Gasteiger partial charge in [-0.1, -0.05) is 18.2 Å².